The maximum atomic E-state index is 12.9. The van der Waals surface area contributed by atoms with Gasteiger partial charge in [-0.3, -0.25) is 14.3 Å². The maximum Gasteiger partial charge on any atom is 0.238 e. The molecule has 0 saturated carbocycles. The van der Waals surface area contributed by atoms with Crippen molar-refractivity contribution in [3.8, 4) is 17.1 Å². The smallest absolute Gasteiger partial charge is 0.238 e. The van der Waals surface area contributed by atoms with E-state index in [1.165, 1.54) is 11.8 Å². The van der Waals surface area contributed by atoms with Crippen molar-refractivity contribution < 1.29 is 4.79 Å². The summed E-state index contributed by atoms with van der Waals surface area (Å²) in [5.41, 5.74) is 1.82. The molecule has 8 nitrogen and oxygen atoms in total. The molecule has 0 bridgehead atoms. The zero-order chi connectivity index (χ0) is 21.8. The molecule has 0 saturated heterocycles. The average Bonchev–Trinajstić information content (AvgIpc) is 3.42. The zero-order valence-electron chi connectivity index (χ0n) is 17.5. The largest absolute Gasteiger partial charge is 0.310 e. The summed E-state index contributed by atoms with van der Waals surface area (Å²) in [7, 11) is 0. The SMILES string of the molecule is CC(Sc1nnc(-c2ccncc2)n1-c1ccccc1)C(=O)Nc1ccnn1C(C)C. The average molecular weight is 434 g/mol. The van der Waals surface area contributed by atoms with Crippen molar-refractivity contribution >= 4 is 23.5 Å². The Morgan fingerprint density at radius 1 is 0.968 bits per heavy atom. The van der Waals surface area contributed by atoms with Crippen LogP contribution < -0.4 is 5.32 Å². The quantitative estimate of drug-likeness (QED) is 0.439. The molecule has 1 N–H and O–H groups in total. The summed E-state index contributed by atoms with van der Waals surface area (Å²) < 4.78 is 3.74. The van der Waals surface area contributed by atoms with E-state index in [0.29, 0.717) is 16.8 Å². The van der Waals surface area contributed by atoms with Gasteiger partial charge < -0.3 is 5.32 Å². The molecule has 4 aromatic rings. The number of pyridine rings is 1. The molecular formula is C22H23N7OS. The third-order valence-corrected chi connectivity index (χ3v) is 5.69. The second-order valence-corrected chi connectivity index (χ2v) is 8.53. The maximum absolute atomic E-state index is 12.9. The highest BCUT2D eigenvalue weighted by atomic mass is 32.2. The Kier molecular flexibility index (Phi) is 6.13. The van der Waals surface area contributed by atoms with Crippen LogP contribution in [-0.2, 0) is 4.79 Å². The molecule has 0 aliphatic rings. The first-order chi connectivity index (χ1) is 15.0. The third kappa shape index (κ3) is 4.51. The number of nitrogens with zero attached hydrogens (tertiary/aromatic N) is 6. The fourth-order valence-corrected chi connectivity index (χ4v) is 3.98. The van der Waals surface area contributed by atoms with Gasteiger partial charge in [0.2, 0.25) is 5.91 Å². The molecule has 31 heavy (non-hydrogen) atoms. The Bertz CT molecular complexity index is 1160. The molecule has 0 radical (unpaired) electrons. The Labute approximate surface area is 184 Å². The number of hydrogen-bond donors (Lipinski definition) is 1. The minimum atomic E-state index is -0.396. The highest BCUT2D eigenvalue weighted by Gasteiger charge is 2.22. The number of amides is 1. The third-order valence-electron chi connectivity index (χ3n) is 4.65. The molecule has 1 aromatic carbocycles. The van der Waals surface area contributed by atoms with E-state index in [4.69, 9.17) is 0 Å². The number of thioether (sulfide) groups is 1. The second-order valence-electron chi connectivity index (χ2n) is 7.22. The van der Waals surface area contributed by atoms with Crippen LogP contribution in [0.3, 0.4) is 0 Å². The van der Waals surface area contributed by atoms with E-state index in [1.807, 2.05) is 67.8 Å². The lowest BCUT2D eigenvalue weighted by Crippen LogP contribution is -2.25. The van der Waals surface area contributed by atoms with Crippen molar-refractivity contribution in [1.29, 1.82) is 0 Å². The number of carbonyl (C=O) groups excluding carboxylic acids is 1. The van der Waals surface area contributed by atoms with Gasteiger partial charge in [-0.1, -0.05) is 30.0 Å². The van der Waals surface area contributed by atoms with E-state index in [2.05, 4.69) is 25.6 Å². The highest BCUT2D eigenvalue weighted by molar-refractivity contribution is 8.00. The molecule has 9 heteroatoms. The van der Waals surface area contributed by atoms with Crippen LogP contribution in [0.1, 0.15) is 26.8 Å². The monoisotopic (exact) mass is 433 g/mol. The van der Waals surface area contributed by atoms with E-state index in [0.717, 1.165) is 11.3 Å². The molecule has 1 unspecified atom stereocenters. The normalized spacial score (nSPS) is 12.1. The van der Waals surface area contributed by atoms with Gasteiger partial charge in [-0.25, -0.2) is 4.68 Å². The van der Waals surface area contributed by atoms with Gasteiger partial charge in [0.25, 0.3) is 0 Å². The summed E-state index contributed by atoms with van der Waals surface area (Å²) in [5, 5.41) is 16.3. The topological polar surface area (TPSA) is 90.5 Å². The highest BCUT2D eigenvalue weighted by Crippen LogP contribution is 2.30. The van der Waals surface area contributed by atoms with Crippen LogP contribution in [0, 0.1) is 0 Å². The van der Waals surface area contributed by atoms with Crippen LogP contribution in [0.5, 0.6) is 0 Å². The fourth-order valence-electron chi connectivity index (χ4n) is 3.11. The number of carbonyl (C=O) groups is 1. The first-order valence-electron chi connectivity index (χ1n) is 9.97. The van der Waals surface area contributed by atoms with Crippen molar-refractivity contribution in [2.24, 2.45) is 0 Å². The molecule has 1 amide bonds. The summed E-state index contributed by atoms with van der Waals surface area (Å²) in [6, 6.07) is 15.6. The van der Waals surface area contributed by atoms with Gasteiger partial charge in [-0.2, -0.15) is 5.10 Å². The van der Waals surface area contributed by atoms with Crippen LogP contribution in [0.2, 0.25) is 0 Å². The van der Waals surface area contributed by atoms with Gasteiger partial charge in [0.1, 0.15) is 5.82 Å². The molecule has 158 valence electrons. The molecule has 0 aliphatic carbocycles. The van der Waals surface area contributed by atoms with Gasteiger partial charge in [-0.15, -0.1) is 10.2 Å². The Morgan fingerprint density at radius 2 is 1.71 bits per heavy atom. The van der Waals surface area contributed by atoms with Crippen LogP contribution in [-0.4, -0.2) is 40.7 Å². The van der Waals surface area contributed by atoms with Crippen LogP contribution in [0.15, 0.2) is 72.3 Å². The van der Waals surface area contributed by atoms with Crippen molar-refractivity contribution in [1.82, 2.24) is 29.5 Å². The second kappa shape index (κ2) is 9.13. The first-order valence-corrected chi connectivity index (χ1v) is 10.8. The number of rotatable bonds is 7. The van der Waals surface area contributed by atoms with Crippen LogP contribution in [0.25, 0.3) is 17.1 Å². The number of anilines is 1. The first kappa shape index (κ1) is 20.8. The lowest BCUT2D eigenvalue weighted by atomic mass is 10.2. The van der Waals surface area contributed by atoms with E-state index in [-0.39, 0.29) is 11.9 Å². The number of hydrogen-bond acceptors (Lipinski definition) is 6. The predicted molar refractivity (Wildman–Crippen MR) is 121 cm³/mol. The standard InChI is InChI=1S/C22H23N7OS/c1-15(2)29-19(11-14-24-29)25-21(30)16(3)31-22-27-26-20(17-9-12-23-13-10-17)28(22)18-7-5-4-6-8-18/h4-16H,1-3H3,(H,25,30). The van der Waals surface area contributed by atoms with Gasteiger partial charge >= 0.3 is 0 Å². The summed E-state index contributed by atoms with van der Waals surface area (Å²) in [6.07, 6.45) is 5.13. The summed E-state index contributed by atoms with van der Waals surface area (Å²) in [4.78, 5) is 17.0. The van der Waals surface area contributed by atoms with Crippen molar-refractivity contribution in [2.45, 2.75) is 37.2 Å². The van der Waals surface area contributed by atoms with E-state index in [9.17, 15) is 4.79 Å². The number of para-hydroxylation sites is 1. The molecule has 3 aromatic heterocycles. The fraction of sp³-hybridized carbons (Fsp3) is 0.227. The molecule has 0 fully saturated rings. The van der Waals surface area contributed by atoms with Gasteiger partial charge in [0, 0.05) is 35.8 Å². The van der Waals surface area contributed by atoms with Crippen LogP contribution >= 0.6 is 11.8 Å². The lowest BCUT2D eigenvalue weighted by molar-refractivity contribution is -0.115. The zero-order valence-corrected chi connectivity index (χ0v) is 18.3. The van der Waals surface area contributed by atoms with Crippen molar-refractivity contribution in [2.75, 3.05) is 5.32 Å². The van der Waals surface area contributed by atoms with E-state index in [1.54, 1.807) is 29.3 Å². The van der Waals surface area contributed by atoms with Gasteiger partial charge in [0.05, 0.1) is 11.4 Å². The molecule has 0 aliphatic heterocycles. The minimum Gasteiger partial charge on any atom is -0.310 e. The summed E-state index contributed by atoms with van der Waals surface area (Å²) in [5.74, 6) is 1.25. The van der Waals surface area contributed by atoms with Crippen LogP contribution in [0.4, 0.5) is 5.82 Å². The Balaban J connectivity index is 1.61. The van der Waals surface area contributed by atoms with Gasteiger partial charge in [0.15, 0.2) is 11.0 Å². The minimum absolute atomic E-state index is 0.125. The van der Waals surface area contributed by atoms with Crippen molar-refractivity contribution in [3.05, 3.63) is 67.1 Å². The predicted octanol–water partition coefficient (Wildman–Crippen LogP) is 4.23. The summed E-state index contributed by atoms with van der Waals surface area (Å²) >= 11 is 1.36. The molecule has 1 atom stereocenters. The molecular weight excluding hydrogens is 410 g/mol. The molecule has 0 spiro atoms. The molecule has 4 rings (SSSR count). The number of aromatic nitrogens is 6. The Morgan fingerprint density at radius 3 is 2.42 bits per heavy atom. The van der Waals surface area contributed by atoms with Crippen molar-refractivity contribution in [3.63, 3.8) is 0 Å². The lowest BCUT2D eigenvalue weighted by Gasteiger charge is -2.15. The molecule has 3 heterocycles. The summed E-state index contributed by atoms with van der Waals surface area (Å²) in [6.45, 7) is 5.89. The van der Waals surface area contributed by atoms with E-state index >= 15 is 0 Å². The number of nitrogens with one attached hydrogen (secondary N) is 1. The number of benzene rings is 1. The van der Waals surface area contributed by atoms with E-state index < -0.39 is 5.25 Å². The Hall–Kier alpha value is -3.46. The van der Waals surface area contributed by atoms with Gasteiger partial charge in [-0.05, 0) is 45.0 Å².